The highest BCUT2D eigenvalue weighted by Crippen LogP contribution is 2.70. The summed E-state index contributed by atoms with van der Waals surface area (Å²) in [6, 6.07) is 0. The van der Waals surface area contributed by atoms with E-state index < -0.39 is 107 Å². The van der Waals surface area contributed by atoms with Gasteiger partial charge in [0, 0.05) is 6.42 Å². The molecule has 0 radical (unpaired) electrons. The molecule has 0 aliphatic rings. The van der Waals surface area contributed by atoms with Crippen LogP contribution < -0.4 is 0 Å². The summed E-state index contributed by atoms with van der Waals surface area (Å²) in [5.41, 5.74) is 0. The van der Waals surface area contributed by atoms with Crippen LogP contribution in [0.1, 0.15) is 6.42 Å². The van der Waals surface area contributed by atoms with Crippen LogP contribution in [0.5, 0.6) is 0 Å². The predicted octanol–water partition coefficient (Wildman–Crippen LogP) is 11.8. The van der Waals surface area contributed by atoms with Gasteiger partial charge in [-0.3, -0.25) is 0 Å². The quantitative estimate of drug-likeness (QED) is 0.131. The molecule has 0 nitrogen and oxygen atoms in total. The number of hydrogen-bond acceptors (Lipinski definition) is 1. The van der Waals surface area contributed by atoms with Gasteiger partial charge in [0.2, 0.25) is 0 Å². The lowest BCUT2D eigenvalue weighted by Gasteiger charge is -2.47. The highest BCUT2D eigenvalue weighted by molar-refractivity contribution is 7.98. The molecule has 0 aromatic heterocycles. The number of rotatable bonds is 17. The van der Waals surface area contributed by atoms with Crippen LogP contribution >= 0.6 is 11.8 Å². The van der Waals surface area contributed by atoms with E-state index >= 15 is 0 Å². The summed E-state index contributed by atoms with van der Waals surface area (Å²) >= 11 is -0.0959. The highest BCUT2D eigenvalue weighted by atomic mass is 32.2. The Balaban J connectivity index is 7.68. The molecule has 0 spiro atoms. The second-order valence-corrected chi connectivity index (χ2v) is 11.0. The van der Waals surface area contributed by atoms with E-state index in [9.17, 15) is 145 Å². The molecule has 0 bridgehead atoms. The van der Waals surface area contributed by atoms with Gasteiger partial charge in [-0.05, 0) is 12.0 Å². The Kier molecular flexibility index (Phi) is 12.3. The zero-order valence-electron chi connectivity index (χ0n) is 23.3. The summed E-state index contributed by atoms with van der Waals surface area (Å²) < 4.78 is 445. The normalized spacial score (nSPS) is 17.1. The van der Waals surface area contributed by atoms with Crippen molar-refractivity contribution in [2.24, 2.45) is 0 Å². The molecule has 0 aliphatic carbocycles. The van der Waals surface area contributed by atoms with Crippen LogP contribution in [0, 0.1) is 0 Å². The minimum absolute atomic E-state index is 0.0959. The molecule has 320 valence electrons. The third-order valence-electron chi connectivity index (χ3n) is 6.56. The molecule has 0 amide bonds. The lowest BCUT2D eigenvalue weighted by molar-refractivity contribution is -0.491. The van der Waals surface area contributed by atoms with Gasteiger partial charge in [0.25, 0.3) is 0 Å². The van der Waals surface area contributed by atoms with E-state index in [-0.39, 0.29) is 11.8 Å². The first kappa shape index (κ1) is 51.0. The molecular formula is C19H7F33S. The number of hydrogen-bond donors (Lipinski definition) is 0. The monoisotopic (exact) mass is 894 g/mol. The van der Waals surface area contributed by atoms with Crippen LogP contribution in [-0.4, -0.2) is 107 Å². The first-order valence-electron chi connectivity index (χ1n) is 11.5. The molecule has 0 saturated carbocycles. The van der Waals surface area contributed by atoms with Crippen LogP contribution in [0.2, 0.25) is 0 Å². The van der Waals surface area contributed by atoms with Crippen molar-refractivity contribution < 1.29 is 145 Å². The van der Waals surface area contributed by atoms with Gasteiger partial charge in [-0.25, -0.2) is 0 Å². The molecule has 0 saturated heterocycles. The first-order chi connectivity index (χ1) is 22.3. The van der Waals surface area contributed by atoms with Gasteiger partial charge in [0.15, 0.2) is 0 Å². The Labute approximate surface area is 271 Å². The van der Waals surface area contributed by atoms with E-state index in [4.69, 9.17) is 0 Å². The van der Waals surface area contributed by atoms with Crippen LogP contribution in [-0.2, 0) is 0 Å². The lowest BCUT2D eigenvalue weighted by atomic mass is 9.82. The van der Waals surface area contributed by atoms with E-state index in [1.807, 2.05) is 0 Å². The Bertz CT molecular complexity index is 1300. The van der Waals surface area contributed by atoms with Gasteiger partial charge in [0.05, 0.1) is 0 Å². The van der Waals surface area contributed by atoms with Crippen molar-refractivity contribution in [1.82, 2.24) is 0 Å². The van der Waals surface area contributed by atoms with Gasteiger partial charge in [-0.2, -0.15) is 157 Å². The topological polar surface area (TPSA) is 0 Å². The minimum Gasteiger partial charge on any atom is -0.200 e. The largest absolute Gasteiger partial charge is 0.460 e. The number of thioether (sulfide) groups is 1. The van der Waals surface area contributed by atoms with E-state index in [1.165, 1.54) is 0 Å². The van der Waals surface area contributed by atoms with Crippen molar-refractivity contribution in [3.05, 3.63) is 0 Å². The first-order valence-corrected chi connectivity index (χ1v) is 12.9. The molecular weight excluding hydrogens is 887 g/mol. The smallest absolute Gasteiger partial charge is 0.200 e. The van der Waals surface area contributed by atoms with Crippen molar-refractivity contribution >= 4 is 11.8 Å². The molecule has 0 N–H and O–H groups in total. The minimum atomic E-state index is -10.2. The van der Waals surface area contributed by atoms with E-state index in [0.717, 1.165) is 0 Å². The number of halogens is 33. The standard InChI is InChI=1S/C19H7F33S/c1-53-3-2-4(20,21)5(22,23)6(24,25)7(26,27)8(28,29)9(30,31)10(32,33)11(34,35)12(36,37)13(38,39)14(40,41)15(42,43)16(44,45)17(46,47)18(48,49)19(50,51)52/h2-3H2,1H3. The van der Waals surface area contributed by atoms with E-state index in [0.29, 0.717) is 6.26 Å². The number of alkyl halides is 33. The molecule has 0 heterocycles. The van der Waals surface area contributed by atoms with Crippen LogP contribution in [0.4, 0.5) is 145 Å². The fraction of sp³-hybridized carbons (Fsp3) is 1.00. The molecule has 0 aromatic rings. The maximum Gasteiger partial charge on any atom is 0.460 e. The van der Waals surface area contributed by atoms with Gasteiger partial charge in [-0.1, -0.05) is 0 Å². The van der Waals surface area contributed by atoms with Crippen molar-refractivity contribution in [3.8, 4) is 0 Å². The molecule has 0 rings (SSSR count). The maximum atomic E-state index is 13.9. The Morgan fingerprint density at radius 2 is 0.396 bits per heavy atom. The second kappa shape index (κ2) is 12.8. The average Bonchev–Trinajstić information content (AvgIpc) is 2.93. The van der Waals surface area contributed by atoms with Crippen molar-refractivity contribution in [2.75, 3.05) is 12.0 Å². The Morgan fingerprint density at radius 3 is 0.547 bits per heavy atom. The van der Waals surface area contributed by atoms with E-state index in [2.05, 4.69) is 0 Å². The molecule has 0 aromatic carbocycles. The molecule has 0 aliphatic heterocycles. The van der Waals surface area contributed by atoms with Crippen molar-refractivity contribution in [3.63, 3.8) is 0 Å². The maximum absolute atomic E-state index is 13.9. The van der Waals surface area contributed by atoms with Gasteiger partial charge in [0.1, 0.15) is 0 Å². The van der Waals surface area contributed by atoms with Gasteiger partial charge >= 0.3 is 95.0 Å². The fourth-order valence-corrected chi connectivity index (χ4v) is 3.62. The van der Waals surface area contributed by atoms with Crippen LogP contribution in [0.15, 0.2) is 0 Å². The lowest BCUT2D eigenvalue weighted by Crippen LogP contribution is -2.80. The Hall–Kier alpha value is -1.96. The summed E-state index contributed by atoms with van der Waals surface area (Å²) in [5.74, 6) is -143. The summed E-state index contributed by atoms with van der Waals surface area (Å²) in [7, 11) is 0. The van der Waals surface area contributed by atoms with Gasteiger partial charge < -0.3 is 0 Å². The fourth-order valence-electron chi connectivity index (χ4n) is 3.16. The van der Waals surface area contributed by atoms with Crippen molar-refractivity contribution in [1.29, 1.82) is 0 Å². The zero-order valence-corrected chi connectivity index (χ0v) is 24.1. The van der Waals surface area contributed by atoms with Gasteiger partial charge in [-0.15, -0.1) is 0 Å². The van der Waals surface area contributed by atoms with E-state index in [1.54, 1.807) is 0 Å². The molecule has 53 heavy (non-hydrogen) atoms. The summed E-state index contributed by atoms with van der Waals surface area (Å²) in [6.07, 6.45) is -10.6. The van der Waals surface area contributed by atoms with Crippen molar-refractivity contribution in [2.45, 2.75) is 101 Å². The summed E-state index contributed by atoms with van der Waals surface area (Å²) in [5, 5.41) is 0. The molecule has 0 fully saturated rings. The molecule has 34 heteroatoms. The Morgan fingerprint density at radius 1 is 0.245 bits per heavy atom. The molecule has 0 atom stereocenters. The summed E-state index contributed by atoms with van der Waals surface area (Å²) in [6.45, 7) is 0. The third-order valence-corrected chi connectivity index (χ3v) is 7.17. The average molecular weight is 894 g/mol. The predicted molar refractivity (Wildman–Crippen MR) is 103 cm³/mol. The van der Waals surface area contributed by atoms with Crippen LogP contribution in [0.3, 0.4) is 0 Å². The highest BCUT2D eigenvalue weighted by Gasteiger charge is 3.01. The van der Waals surface area contributed by atoms with Crippen LogP contribution in [0.25, 0.3) is 0 Å². The second-order valence-electron chi connectivity index (χ2n) is 9.99. The SMILES string of the molecule is CSCCC(F)(F)C(F)(F)C(F)(F)C(F)(F)C(F)(F)C(F)(F)C(F)(F)C(F)(F)C(F)(F)C(F)(F)C(F)(F)C(F)(F)C(F)(F)C(F)(F)C(F)(F)C(F)(F)F. The zero-order chi connectivity index (χ0) is 44.1. The third kappa shape index (κ3) is 6.06. The molecule has 0 unspecified atom stereocenters. The summed E-state index contributed by atoms with van der Waals surface area (Å²) in [4.78, 5) is 0.